The molecule has 0 aromatic heterocycles. The lowest BCUT2D eigenvalue weighted by atomic mass is 9.93. The standard InChI is InChI=1S/C60H44F6N2O4/c1-69-53-31-23-49(24-32-53)67(50-25-33-54(70-2)34-26-50)47-19-11-43(12-20-47)57(39-9-41-5-15-45(16-6-41)59(61,62)63)58(40-10-42-7-17-46(18-8-42)60(64,65)66)44-13-21-48(22-14-44)68(51-27-35-55(71-3)36-28-51)52-29-37-56(72-4)38-30-52/h5-8,11-38H,1-4H3/b58-57+. The van der Waals surface area contributed by atoms with E-state index in [9.17, 15) is 26.3 Å². The Kier molecular flexibility index (Phi) is 14.9. The SMILES string of the molecule is COc1ccc(N(c2ccc(OC)cc2)c2ccc(/C(C#Cc3ccc(C(F)(F)F)cc3)=C(\C#Cc3ccc(C(F)(F)F)cc3)c3ccc(N(c4ccc(OC)cc4)c4ccc(OC)cc4)cc3)cc2)cc1. The molecular weight excluding hydrogens is 927 g/mol. The molecule has 8 aromatic rings. The van der Waals surface area contributed by atoms with Gasteiger partial charge in [-0.15, -0.1) is 0 Å². The predicted octanol–water partition coefficient (Wildman–Crippen LogP) is 15.7. The predicted molar refractivity (Wildman–Crippen MR) is 272 cm³/mol. The highest BCUT2D eigenvalue weighted by atomic mass is 19.4. The third kappa shape index (κ3) is 11.7. The summed E-state index contributed by atoms with van der Waals surface area (Å²) >= 11 is 0. The Balaban J connectivity index is 1.32. The molecule has 0 N–H and O–H groups in total. The number of alkyl halides is 6. The maximum atomic E-state index is 13.6. The van der Waals surface area contributed by atoms with Crippen molar-refractivity contribution >= 4 is 45.3 Å². The van der Waals surface area contributed by atoms with Crippen LogP contribution >= 0.6 is 0 Å². The lowest BCUT2D eigenvalue weighted by Gasteiger charge is -2.26. The molecule has 0 aliphatic heterocycles. The summed E-state index contributed by atoms with van der Waals surface area (Å²) in [4.78, 5) is 4.09. The molecule has 8 aromatic carbocycles. The van der Waals surface area contributed by atoms with Crippen molar-refractivity contribution in [1.82, 2.24) is 0 Å². The van der Waals surface area contributed by atoms with Crippen LogP contribution in [0.25, 0.3) is 11.1 Å². The zero-order chi connectivity index (χ0) is 50.8. The van der Waals surface area contributed by atoms with Gasteiger partial charge in [-0.25, -0.2) is 0 Å². The average Bonchev–Trinajstić information content (AvgIpc) is 3.41. The second kappa shape index (κ2) is 21.7. The van der Waals surface area contributed by atoms with E-state index in [-0.39, 0.29) is 0 Å². The Bertz CT molecular complexity index is 2940. The second-order valence-electron chi connectivity index (χ2n) is 16.0. The fourth-order valence-electron chi connectivity index (χ4n) is 7.69. The molecular formula is C60H44F6N2O4. The molecule has 8 rings (SSSR count). The highest BCUT2D eigenvalue weighted by Crippen LogP contribution is 2.40. The molecule has 0 amide bonds. The Morgan fingerprint density at radius 1 is 0.319 bits per heavy atom. The normalized spacial score (nSPS) is 11.5. The molecule has 0 heterocycles. The second-order valence-corrected chi connectivity index (χ2v) is 16.0. The van der Waals surface area contributed by atoms with Crippen LogP contribution in [0.2, 0.25) is 0 Å². The fourth-order valence-corrected chi connectivity index (χ4v) is 7.69. The van der Waals surface area contributed by atoms with Crippen molar-refractivity contribution in [3.05, 3.63) is 228 Å². The first-order chi connectivity index (χ1) is 34.7. The van der Waals surface area contributed by atoms with Crippen molar-refractivity contribution in [1.29, 1.82) is 0 Å². The zero-order valence-electron chi connectivity index (χ0n) is 39.3. The van der Waals surface area contributed by atoms with Gasteiger partial charge in [-0.05, 0) is 181 Å². The number of ether oxygens (including phenoxy) is 4. The smallest absolute Gasteiger partial charge is 0.416 e. The summed E-state index contributed by atoms with van der Waals surface area (Å²) in [5, 5.41) is 0. The maximum absolute atomic E-state index is 13.6. The average molecular weight is 971 g/mol. The molecule has 0 spiro atoms. The number of hydrogen-bond acceptors (Lipinski definition) is 6. The molecule has 0 bridgehead atoms. The summed E-state index contributed by atoms with van der Waals surface area (Å²) in [6.07, 6.45) is -9.10. The number of benzene rings is 8. The summed E-state index contributed by atoms with van der Waals surface area (Å²) in [6.45, 7) is 0. The van der Waals surface area contributed by atoms with Gasteiger partial charge in [0.2, 0.25) is 0 Å². The van der Waals surface area contributed by atoms with Gasteiger partial charge in [-0.2, -0.15) is 26.3 Å². The topological polar surface area (TPSA) is 43.4 Å². The van der Waals surface area contributed by atoms with E-state index in [2.05, 4.69) is 23.7 Å². The van der Waals surface area contributed by atoms with Gasteiger partial charge in [-0.1, -0.05) is 47.9 Å². The minimum absolute atomic E-state index is 0.308. The molecule has 0 atom stereocenters. The molecule has 0 aliphatic rings. The van der Waals surface area contributed by atoms with E-state index in [1.165, 1.54) is 24.3 Å². The minimum atomic E-state index is -4.55. The summed E-state index contributed by atoms with van der Waals surface area (Å²) in [5.41, 5.74) is 5.81. The van der Waals surface area contributed by atoms with E-state index in [1.807, 2.05) is 155 Å². The highest BCUT2D eigenvalue weighted by Gasteiger charge is 2.31. The Morgan fingerprint density at radius 2 is 0.542 bits per heavy atom. The van der Waals surface area contributed by atoms with Crippen LogP contribution < -0.4 is 28.7 Å². The maximum Gasteiger partial charge on any atom is 0.416 e. The summed E-state index contributed by atoms with van der Waals surface area (Å²) in [6, 6.07) is 54.5. The van der Waals surface area contributed by atoms with Crippen molar-refractivity contribution in [2.75, 3.05) is 38.2 Å². The van der Waals surface area contributed by atoms with E-state index in [0.29, 0.717) is 56.4 Å². The van der Waals surface area contributed by atoms with E-state index in [0.717, 1.165) is 58.4 Å². The first-order valence-electron chi connectivity index (χ1n) is 22.2. The van der Waals surface area contributed by atoms with Gasteiger partial charge in [0, 0.05) is 56.4 Å². The summed E-state index contributed by atoms with van der Waals surface area (Å²) in [7, 11) is 6.38. The van der Waals surface area contributed by atoms with Gasteiger partial charge in [0.05, 0.1) is 39.6 Å². The molecule has 72 heavy (non-hydrogen) atoms. The molecule has 0 saturated heterocycles. The largest absolute Gasteiger partial charge is 0.497 e. The van der Waals surface area contributed by atoms with Crippen LogP contribution in [0.4, 0.5) is 60.5 Å². The number of methoxy groups -OCH3 is 4. The third-order valence-corrected chi connectivity index (χ3v) is 11.5. The van der Waals surface area contributed by atoms with Crippen molar-refractivity contribution in [3.63, 3.8) is 0 Å². The van der Waals surface area contributed by atoms with Crippen LogP contribution in [-0.2, 0) is 12.4 Å². The highest BCUT2D eigenvalue weighted by molar-refractivity contribution is 6.05. The molecule has 6 nitrogen and oxygen atoms in total. The minimum Gasteiger partial charge on any atom is -0.497 e. The fraction of sp³-hybridized carbons (Fsp3) is 0.100. The van der Waals surface area contributed by atoms with E-state index in [4.69, 9.17) is 18.9 Å². The van der Waals surface area contributed by atoms with Crippen molar-refractivity contribution in [2.45, 2.75) is 12.4 Å². The van der Waals surface area contributed by atoms with Crippen LogP contribution in [0.5, 0.6) is 23.0 Å². The molecule has 12 heteroatoms. The molecule has 360 valence electrons. The van der Waals surface area contributed by atoms with Crippen LogP contribution in [0.1, 0.15) is 33.4 Å². The Hall–Kier alpha value is -9.00. The van der Waals surface area contributed by atoms with Crippen LogP contribution in [0.3, 0.4) is 0 Å². The van der Waals surface area contributed by atoms with E-state index < -0.39 is 23.5 Å². The van der Waals surface area contributed by atoms with Crippen LogP contribution in [-0.4, -0.2) is 28.4 Å². The van der Waals surface area contributed by atoms with Gasteiger partial charge in [0.25, 0.3) is 0 Å². The van der Waals surface area contributed by atoms with Crippen molar-refractivity contribution < 1.29 is 45.3 Å². The molecule has 0 aliphatic carbocycles. The van der Waals surface area contributed by atoms with Crippen molar-refractivity contribution in [2.24, 2.45) is 0 Å². The lowest BCUT2D eigenvalue weighted by molar-refractivity contribution is -0.138. The van der Waals surface area contributed by atoms with Crippen LogP contribution in [0, 0.1) is 23.7 Å². The first kappa shape index (κ1) is 49.4. The van der Waals surface area contributed by atoms with E-state index in [1.54, 1.807) is 28.4 Å². The monoisotopic (exact) mass is 970 g/mol. The number of nitrogens with zero attached hydrogens (tertiary/aromatic N) is 2. The van der Waals surface area contributed by atoms with Gasteiger partial charge in [0.15, 0.2) is 0 Å². The number of allylic oxidation sites excluding steroid dienone is 2. The van der Waals surface area contributed by atoms with Crippen molar-refractivity contribution in [3.8, 4) is 46.7 Å². The number of rotatable bonds is 12. The quantitative estimate of drug-likeness (QED) is 0.0690. The number of hydrogen-bond donors (Lipinski definition) is 0. The van der Waals surface area contributed by atoms with Gasteiger partial charge < -0.3 is 28.7 Å². The van der Waals surface area contributed by atoms with Gasteiger partial charge in [0.1, 0.15) is 23.0 Å². The van der Waals surface area contributed by atoms with Crippen LogP contribution in [0.15, 0.2) is 194 Å². The Morgan fingerprint density at radius 3 is 0.750 bits per heavy atom. The third-order valence-electron chi connectivity index (χ3n) is 11.5. The zero-order valence-corrected chi connectivity index (χ0v) is 39.3. The number of halogens is 6. The van der Waals surface area contributed by atoms with Gasteiger partial charge in [-0.3, -0.25) is 0 Å². The summed E-state index contributed by atoms with van der Waals surface area (Å²) in [5.74, 6) is 15.3. The van der Waals surface area contributed by atoms with E-state index >= 15 is 0 Å². The molecule has 0 fully saturated rings. The number of anilines is 6. The first-order valence-corrected chi connectivity index (χ1v) is 22.2. The lowest BCUT2D eigenvalue weighted by Crippen LogP contribution is -2.10. The summed E-state index contributed by atoms with van der Waals surface area (Å²) < 4.78 is 103. The molecule has 0 unspecified atom stereocenters. The molecule has 0 radical (unpaired) electrons. The van der Waals surface area contributed by atoms with Gasteiger partial charge >= 0.3 is 12.4 Å². The molecule has 0 saturated carbocycles. The Labute approximate surface area is 413 Å².